The average Bonchev–Trinajstić information content (AvgIpc) is 3.05. The molecule has 2 aromatic carbocycles. The molecule has 152 valence electrons. The smallest absolute Gasteiger partial charge is 0.335 e. The number of carboxylic acids is 1. The summed E-state index contributed by atoms with van der Waals surface area (Å²) in [5.74, 6) is -1.30. The Bertz CT molecular complexity index is 1180. The molecule has 4 rings (SSSR count). The number of benzene rings is 2. The van der Waals surface area contributed by atoms with E-state index in [2.05, 4.69) is 11.0 Å². The number of ether oxygens (including phenoxy) is 1. The van der Waals surface area contributed by atoms with E-state index in [1.807, 2.05) is 19.1 Å². The molecule has 2 heterocycles. The van der Waals surface area contributed by atoms with Crippen molar-refractivity contribution in [2.75, 3.05) is 31.2 Å². The van der Waals surface area contributed by atoms with Gasteiger partial charge < -0.3 is 14.7 Å². The SMILES string of the molecule is Cc1c(S(=O)(=O)Cc2cccc(C(=O)O)c2)sc2ccc(N3CCOCC3)cc12. The predicted molar refractivity (Wildman–Crippen MR) is 114 cm³/mol. The fourth-order valence-electron chi connectivity index (χ4n) is 3.58. The fourth-order valence-corrected chi connectivity index (χ4v) is 6.78. The van der Waals surface area contributed by atoms with Crippen LogP contribution in [-0.4, -0.2) is 45.8 Å². The van der Waals surface area contributed by atoms with E-state index in [-0.39, 0.29) is 11.3 Å². The van der Waals surface area contributed by atoms with Crippen LogP contribution in [0.4, 0.5) is 5.69 Å². The first-order valence-corrected chi connectivity index (χ1v) is 11.7. The maximum Gasteiger partial charge on any atom is 0.335 e. The number of morpholine rings is 1. The molecule has 29 heavy (non-hydrogen) atoms. The Labute approximate surface area is 173 Å². The monoisotopic (exact) mass is 431 g/mol. The van der Waals surface area contributed by atoms with Crippen molar-refractivity contribution in [2.45, 2.75) is 16.9 Å². The summed E-state index contributed by atoms with van der Waals surface area (Å²) >= 11 is 1.27. The fraction of sp³-hybridized carbons (Fsp3) is 0.286. The van der Waals surface area contributed by atoms with Crippen LogP contribution in [0.25, 0.3) is 10.1 Å². The van der Waals surface area contributed by atoms with Crippen LogP contribution in [0.3, 0.4) is 0 Å². The molecular formula is C21H21NO5S2. The average molecular weight is 432 g/mol. The highest BCUT2D eigenvalue weighted by Gasteiger charge is 2.23. The molecule has 0 saturated carbocycles. The molecule has 0 radical (unpaired) electrons. The van der Waals surface area contributed by atoms with E-state index in [1.54, 1.807) is 12.1 Å². The zero-order chi connectivity index (χ0) is 20.6. The Morgan fingerprint density at radius 1 is 1.17 bits per heavy atom. The molecule has 8 heteroatoms. The van der Waals surface area contributed by atoms with E-state index in [0.717, 1.165) is 34.4 Å². The molecule has 0 amide bonds. The van der Waals surface area contributed by atoms with Gasteiger partial charge in [-0.25, -0.2) is 13.2 Å². The number of rotatable bonds is 5. The van der Waals surface area contributed by atoms with E-state index in [0.29, 0.717) is 23.0 Å². The van der Waals surface area contributed by atoms with Crippen molar-refractivity contribution in [3.8, 4) is 0 Å². The van der Waals surface area contributed by atoms with Crippen LogP contribution in [-0.2, 0) is 20.3 Å². The number of fused-ring (bicyclic) bond motifs is 1. The molecule has 0 atom stereocenters. The van der Waals surface area contributed by atoms with Crippen molar-refractivity contribution in [1.29, 1.82) is 0 Å². The standard InChI is InChI=1S/C21H21NO5S2/c1-14-18-12-17(22-7-9-27-10-8-22)5-6-19(18)28-21(14)29(25,26)13-15-3-2-4-16(11-15)20(23)24/h2-6,11-12H,7-10,13H2,1H3,(H,23,24). The molecule has 1 aromatic heterocycles. The second kappa shape index (κ2) is 7.78. The summed E-state index contributed by atoms with van der Waals surface area (Å²) in [7, 11) is -3.59. The number of nitrogens with zero attached hydrogens (tertiary/aromatic N) is 1. The third-order valence-corrected chi connectivity index (χ3v) is 8.73. The number of carboxylic acid groups (broad SMARTS) is 1. The van der Waals surface area contributed by atoms with Gasteiger partial charge in [0.05, 0.1) is 24.5 Å². The van der Waals surface area contributed by atoms with Crippen LogP contribution in [0.15, 0.2) is 46.7 Å². The highest BCUT2D eigenvalue weighted by atomic mass is 32.2. The molecule has 0 bridgehead atoms. The third kappa shape index (κ3) is 4.01. The van der Waals surface area contributed by atoms with Gasteiger partial charge in [-0.15, -0.1) is 11.3 Å². The molecule has 0 spiro atoms. The molecule has 1 aliphatic heterocycles. The highest BCUT2D eigenvalue weighted by molar-refractivity contribution is 7.93. The minimum atomic E-state index is -3.59. The van der Waals surface area contributed by atoms with Gasteiger partial charge in [0.2, 0.25) is 0 Å². The summed E-state index contributed by atoms with van der Waals surface area (Å²) < 4.78 is 32.9. The first-order valence-electron chi connectivity index (χ1n) is 9.26. The number of carbonyl (C=O) groups is 1. The van der Waals surface area contributed by atoms with E-state index in [9.17, 15) is 13.2 Å². The van der Waals surface area contributed by atoms with Gasteiger partial charge in [-0.3, -0.25) is 0 Å². The van der Waals surface area contributed by atoms with Crippen molar-refractivity contribution in [2.24, 2.45) is 0 Å². The van der Waals surface area contributed by atoms with Crippen LogP contribution >= 0.6 is 11.3 Å². The van der Waals surface area contributed by atoms with Gasteiger partial charge in [-0.1, -0.05) is 12.1 Å². The zero-order valence-corrected chi connectivity index (χ0v) is 17.6. The molecule has 6 nitrogen and oxygen atoms in total. The lowest BCUT2D eigenvalue weighted by Gasteiger charge is -2.28. The van der Waals surface area contributed by atoms with Gasteiger partial charge in [0.25, 0.3) is 0 Å². The maximum atomic E-state index is 13.1. The number of hydrogen-bond acceptors (Lipinski definition) is 6. The van der Waals surface area contributed by atoms with Crippen molar-refractivity contribution in [1.82, 2.24) is 0 Å². The topological polar surface area (TPSA) is 83.9 Å². The van der Waals surface area contributed by atoms with Crippen LogP contribution in [0, 0.1) is 6.92 Å². The first kappa shape index (κ1) is 19.9. The lowest BCUT2D eigenvalue weighted by Crippen LogP contribution is -2.36. The molecule has 1 fully saturated rings. The second-order valence-corrected chi connectivity index (χ2v) is 10.3. The van der Waals surface area contributed by atoms with Crippen LogP contribution in [0.2, 0.25) is 0 Å². The summed E-state index contributed by atoms with van der Waals surface area (Å²) in [5, 5.41) is 10.1. The number of aryl methyl sites for hydroxylation is 1. The predicted octanol–water partition coefficient (Wildman–Crippen LogP) is 3.72. The highest BCUT2D eigenvalue weighted by Crippen LogP contribution is 2.37. The number of hydrogen-bond donors (Lipinski definition) is 1. The number of anilines is 1. The van der Waals surface area contributed by atoms with Gasteiger partial charge in [0.1, 0.15) is 4.21 Å². The molecule has 1 N–H and O–H groups in total. The van der Waals surface area contributed by atoms with Crippen molar-refractivity contribution in [3.63, 3.8) is 0 Å². The van der Waals surface area contributed by atoms with Gasteiger partial charge in [-0.05, 0) is 53.8 Å². The van der Waals surface area contributed by atoms with Crippen LogP contribution < -0.4 is 4.90 Å². The van der Waals surface area contributed by atoms with Gasteiger partial charge in [0, 0.05) is 23.5 Å². The summed E-state index contributed by atoms with van der Waals surface area (Å²) in [6.07, 6.45) is 0. The Balaban J connectivity index is 1.68. The van der Waals surface area contributed by atoms with Crippen molar-refractivity contribution >= 4 is 42.9 Å². The number of thiophene rings is 1. The summed E-state index contributed by atoms with van der Waals surface area (Å²) in [6, 6.07) is 12.1. The van der Waals surface area contributed by atoms with Crippen molar-refractivity contribution in [3.05, 3.63) is 59.2 Å². The van der Waals surface area contributed by atoms with Crippen molar-refractivity contribution < 1.29 is 23.1 Å². The molecular weight excluding hydrogens is 410 g/mol. The second-order valence-electron chi connectivity index (χ2n) is 7.06. The van der Waals surface area contributed by atoms with E-state index >= 15 is 0 Å². The number of sulfone groups is 1. The molecule has 0 aliphatic carbocycles. The summed E-state index contributed by atoms with van der Waals surface area (Å²) in [4.78, 5) is 13.4. The van der Waals surface area contributed by atoms with E-state index in [1.165, 1.54) is 23.5 Å². The maximum absolute atomic E-state index is 13.1. The molecule has 0 unspecified atom stereocenters. The Hall–Kier alpha value is -2.42. The summed E-state index contributed by atoms with van der Waals surface area (Å²) in [5.41, 5.74) is 2.37. The molecule has 1 aliphatic rings. The minimum absolute atomic E-state index is 0.0842. The Morgan fingerprint density at radius 3 is 2.66 bits per heavy atom. The Kier molecular flexibility index (Phi) is 5.33. The lowest BCUT2D eigenvalue weighted by atomic mass is 10.1. The van der Waals surface area contributed by atoms with Crippen LogP contribution in [0.5, 0.6) is 0 Å². The quantitative estimate of drug-likeness (QED) is 0.663. The lowest BCUT2D eigenvalue weighted by molar-refractivity contribution is 0.0696. The van der Waals surface area contributed by atoms with Gasteiger partial charge in [-0.2, -0.15) is 0 Å². The van der Waals surface area contributed by atoms with Crippen LogP contribution in [0.1, 0.15) is 21.5 Å². The number of aromatic carboxylic acids is 1. The summed E-state index contributed by atoms with van der Waals surface area (Å²) in [6.45, 7) is 4.85. The first-order chi connectivity index (χ1) is 13.8. The Morgan fingerprint density at radius 2 is 1.93 bits per heavy atom. The third-order valence-electron chi connectivity index (χ3n) is 5.07. The largest absolute Gasteiger partial charge is 0.478 e. The zero-order valence-electron chi connectivity index (χ0n) is 15.9. The molecule has 3 aromatic rings. The normalized spacial score (nSPS) is 15.0. The van der Waals surface area contributed by atoms with Gasteiger partial charge >= 0.3 is 5.97 Å². The van der Waals surface area contributed by atoms with Gasteiger partial charge in [0.15, 0.2) is 9.84 Å². The molecule has 1 saturated heterocycles. The minimum Gasteiger partial charge on any atom is -0.478 e. The van der Waals surface area contributed by atoms with E-state index < -0.39 is 15.8 Å². The van der Waals surface area contributed by atoms with E-state index in [4.69, 9.17) is 9.84 Å².